The van der Waals surface area contributed by atoms with Gasteiger partial charge in [-0.3, -0.25) is 9.59 Å². The highest BCUT2D eigenvalue weighted by Crippen LogP contribution is 2.19. The van der Waals surface area contributed by atoms with Gasteiger partial charge in [0.25, 0.3) is 0 Å². The molecule has 0 saturated heterocycles. The highest BCUT2D eigenvalue weighted by atomic mass is 16.5. The minimum absolute atomic E-state index is 0.0457. The summed E-state index contributed by atoms with van der Waals surface area (Å²) in [6.07, 6.45) is 4.19. The molecule has 0 saturated carbocycles. The molecule has 0 amide bonds. The molecule has 0 aromatic heterocycles. The van der Waals surface area contributed by atoms with E-state index in [0.29, 0.717) is 12.3 Å². The SMILES string of the molecule is COC(=O)CCCC[C@H](C)C[C@H](C)C(=O)OC. The van der Waals surface area contributed by atoms with Gasteiger partial charge in [0.2, 0.25) is 0 Å². The normalized spacial score (nSPS) is 13.9. The van der Waals surface area contributed by atoms with Crippen LogP contribution >= 0.6 is 0 Å². The molecule has 0 heterocycles. The van der Waals surface area contributed by atoms with Crippen LogP contribution in [0.4, 0.5) is 0 Å². The van der Waals surface area contributed by atoms with Gasteiger partial charge in [0, 0.05) is 6.42 Å². The fraction of sp³-hybridized carbons (Fsp3) is 0.846. The lowest BCUT2D eigenvalue weighted by molar-refractivity contribution is -0.145. The molecule has 17 heavy (non-hydrogen) atoms. The Morgan fingerprint density at radius 3 is 2.24 bits per heavy atom. The van der Waals surface area contributed by atoms with Gasteiger partial charge in [-0.2, -0.15) is 0 Å². The van der Waals surface area contributed by atoms with Crippen molar-refractivity contribution in [3.05, 3.63) is 0 Å². The van der Waals surface area contributed by atoms with E-state index in [2.05, 4.69) is 16.4 Å². The first-order valence-corrected chi connectivity index (χ1v) is 6.15. The summed E-state index contributed by atoms with van der Waals surface area (Å²) in [5.74, 6) is 0.129. The Morgan fingerprint density at radius 1 is 1.06 bits per heavy atom. The summed E-state index contributed by atoms with van der Waals surface area (Å²) in [6, 6.07) is 0. The van der Waals surface area contributed by atoms with Crippen LogP contribution < -0.4 is 0 Å². The Labute approximate surface area is 104 Å². The van der Waals surface area contributed by atoms with Crippen molar-refractivity contribution in [3.8, 4) is 0 Å². The van der Waals surface area contributed by atoms with E-state index in [4.69, 9.17) is 0 Å². The van der Waals surface area contributed by atoms with Crippen LogP contribution in [0.5, 0.6) is 0 Å². The number of carbonyl (C=O) groups excluding carboxylic acids is 2. The summed E-state index contributed by atoms with van der Waals surface area (Å²) in [4.78, 5) is 22.1. The van der Waals surface area contributed by atoms with Gasteiger partial charge >= 0.3 is 11.9 Å². The van der Waals surface area contributed by atoms with Crippen molar-refractivity contribution in [1.82, 2.24) is 0 Å². The summed E-state index contributed by atoms with van der Waals surface area (Å²) < 4.78 is 9.25. The molecule has 0 spiro atoms. The predicted octanol–water partition coefficient (Wildman–Crippen LogP) is 2.56. The van der Waals surface area contributed by atoms with Crippen molar-refractivity contribution >= 4 is 11.9 Å². The average molecular weight is 244 g/mol. The average Bonchev–Trinajstić information content (AvgIpc) is 2.32. The zero-order chi connectivity index (χ0) is 13.3. The lowest BCUT2D eigenvalue weighted by Gasteiger charge is -2.15. The second-order valence-electron chi connectivity index (χ2n) is 4.59. The van der Waals surface area contributed by atoms with Crippen molar-refractivity contribution < 1.29 is 19.1 Å². The number of carbonyl (C=O) groups is 2. The van der Waals surface area contributed by atoms with Crippen LogP contribution in [0.2, 0.25) is 0 Å². The van der Waals surface area contributed by atoms with E-state index in [0.717, 1.165) is 25.7 Å². The fourth-order valence-electron chi connectivity index (χ4n) is 1.88. The summed E-state index contributed by atoms with van der Waals surface area (Å²) >= 11 is 0. The monoisotopic (exact) mass is 244 g/mol. The van der Waals surface area contributed by atoms with Crippen LogP contribution in [-0.4, -0.2) is 26.2 Å². The maximum Gasteiger partial charge on any atom is 0.308 e. The van der Waals surface area contributed by atoms with Gasteiger partial charge < -0.3 is 9.47 Å². The van der Waals surface area contributed by atoms with Gasteiger partial charge in [-0.05, 0) is 18.8 Å². The first kappa shape index (κ1) is 15.9. The van der Waals surface area contributed by atoms with Gasteiger partial charge in [-0.15, -0.1) is 0 Å². The van der Waals surface area contributed by atoms with E-state index < -0.39 is 0 Å². The van der Waals surface area contributed by atoms with Crippen molar-refractivity contribution in [3.63, 3.8) is 0 Å². The molecule has 0 rings (SSSR count). The van der Waals surface area contributed by atoms with Gasteiger partial charge in [0.05, 0.1) is 20.1 Å². The number of hydrogen-bond donors (Lipinski definition) is 0. The Kier molecular flexibility index (Phi) is 8.46. The van der Waals surface area contributed by atoms with E-state index in [1.54, 1.807) is 0 Å². The van der Waals surface area contributed by atoms with Crippen LogP contribution in [0.3, 0.4) is 0 Å². The molecule has 0 bridgehead atoms. The molecule has 0 fully saturated rings. The molecule has 100 valence electrons. The molecule has 4 nitrogen and oxygen atoms in total. The first-order chi connectivity index (χ1) is 8.01. The molecule has 0 N–H and O–H groups in total. The highest BCUT2D eigenvalue weighted by Gasteiger charge is 2.16. The van der Waals surface area contributed by atoms with E-state index in [1.165, 1.54) is 14.2 Å². The Hall–Kier alpha value is -1.06. The quantitative estimate of drug-likeness (QED) is 0.486. The second kappa shape index (κ2) is 9.02. The number of hydrogen-bond acceptors (Lipinski definition) is 4. The summed E-state index contributed by atoms with van der Waals surface area (Å²) in [5, 5.41) is 0. The molecule has 0 radical (unpaired) electrons. The maximum atomic E-state index is 11.2. The van der Waals surface area contributed by atoms with Gasteiger partial charge in [0.1, 0.15) is 0 Å². The highest BCUT2D eigenvalue weighted by molar-refractivity contribution is 5.71. The molecule has 0 aliphatic carbocycles. The van der Waals surface area contributed by atoms with Crippen LogP contribution in [0.25, 0.3) is 0 Å². The smallest absolute Gasteiger partial charge is 0.308 e. The number of rotatable bonds is 8. The molecule has 0 aliphatic rings. The number of methoxy groups -OCH3 is 2. The van der Waals surface area contributed by atoms with Crippen LogP contribution in [0.1, 0.15) is 46.0 Å². The van der Waals surface area contributed by atoms with E-state index in [-0.39, 0.29) is 17.9 Å². The van der Waals surface area contributed by atoms with Crippen LogP contribution in [-0.2, 0) is 19.1 Å². The van der Waals surface area contributed by atoms with Crippen LogP contribution in [0, 0.1) is 11.8 Å². The largest absolute Gasteiger partial charge is 0.469 e. The lowest BCUT2D eigenvalue weighted by Crippen LogP contribution is -2.15. The summed E-state index contributed by atoms with van der Waals surface area (Å²) in [6.45, 7) is 4.01. The predicted molar refractivity (Wildman–Crippen MR) is 65.4 cm³/mol. The van der Waals surface area contributed by atoms with Crippen molar-refractivity contribution in [1.29, 1.82) is 0 Å². The minimum atomic E-state index is -0.152. The standard InChI is InChI=1S/C13H24O4/c1-10(9-11(2)13(15)17-4)7-5-6-8-12(14)16-3/h10-11H,5-9H2,1-4H3/t10-,11-/m0/s1. The van der Waals surface area contributed by atoms with Gasteiger partial charge in [0.15, 0.2) is 0 Å². The van der Waals surface area contributed by atoms with E-state index in [9.17, 15) is 9.59 Å². The third kappa shape index (κ3) is 7.77. The van der Waals surface area contributed by atoms with Crippen molar-refractivity contribution in [2.75, 3.05) is 14.2 Å². The summed E-state index contributed by atoms with van der Waals surface area (Å²) in [5.41, 5.74) is 0. The first-order valence-electron chi connectivity index (χ1n) is 6.15. The Morgan fingerprint density at radius 2 is 1.71 bits per heavy atom. The molecule has 0 aromatic rings. The van der Waals surface area contributed by atoms with Crippen molar-refractivity contribution in [2.24, 2.45) is 11.8 Å². The second-order valence-corrected chi connectivity index (χ2v) is 4.59. The molecule has 0 unspecified atom stereocenters. The Balaban J connectivity index is 3.62. The van der Waals surface area contributed by atoms with Gasteiger partial charge in [-0.1, -0.05) is 26.7 Å². The number of unbranched alkanes of at least 4 members (excludes halogenated alkanes) is 1. The number of ether oxygens (including phenoxy) is 2. The molecular formula is C13H24O4. The minimum Gasteiger partial charge on any atom is -0.469 e. The third-order valence-electron chi connectivity index (χ3n) is 2.91. The molecular weight excluding hydrogens is 220 g/mol. The fourth-order valence-corrected chi connectivity index (χ4v) is 1.88. The molecule has 2 atom stereocenters. The topological polar surface area (TPSA) is 52.6 Å². The third-order valence-corrected chi connectivity index (χ3v) is 2.91. The van der Waals surface area contributed by atoms with E-state index >= 15 is 0 Å². The number of esters is 2. The van der Waals surface area contributed by atoms with Gasteiger partial charge in [-0.25, -0.2) is 0 Å². The zero-order valence-electron chi connectivity index (χ0n) is 11.3. The van der Waals surface area contributed by atoms with Crippen LogP contribution in [0.15, 0.2) is 0 Å². The Bertz CT molecular complexity index is 238. The summed E-state index contributed by atoms with van der Waals surface area (Å²) in [7, 11) is 2.82. The molecule has 0 aromatic carbocycles. The maximum absolute atomic E-state index is 11.2. The van der Waals surface area contributed by atoms with E-state index in [1.807, 2.05) is 6.92 Å². The molecule has 4 heteroatoms. The lowest BCUT2D eigenvalue weighted by atomic mass is 9.93. The molecule has 0 aliphatic heterocycles. The van der Waals surface area contributed by atoms with Crippen molar-refractivity contribution in [2.45, 2.75) is 46.0 Å². The zero-order valence-corrected chi connectivity index (χ0v) is 11.3.